The average molecular weight is 182 g/mol. The molecule has 1 aliphatic rings. The zero-order valence-electron chi connectivity index (χ0n) is 7.80. The Labute approximate surface area is 78.2 Å². The van der Waals surface area contributed by atoms with Crippen LogP contribution in [-0.4, -0.2) is 43.8 Å². The summed E-state index contributed by atoms with van der Waals surface area (Å²) in [7, 11) is 0. The SMILES string of the molecule is CC#CCNC(=O)N1CCOCC1. The fraction of sp³-hybridized carbons (Fsp3) is 0.667. The van der Waals surface area contributed by atoms with E-state index >= 15 is 0 Å². The Morgan fingerprint density at radius 2 is 2.23 bits per heavy atom. The summed E-state index contributed by atoms with van der Waals surface area (Å²) in [6.45, 7) is 4.78. The first-order chi connectivity index (χ1) is 6.34. The minimum atomic E-state index is -0.0500. The second kappa shape index (κ2) is 5.44. The quantitative estimate of drug-likeness (QED) is 0.582. The van der Waals surface area contributed by atoms with Gasteiger partial charge in [-0.2, -0.15) is 0 Å². The van der Waals surface area contributed by atoms with Crippen molar-refractivity contribution >= 4 is 6.03 Å². The van der Waals surface area contributed by atoms with E-state index in [1.54, 1.807) is 11.8 Å². The van der Waals surface area contributed by atoms with Crippen molar-refractivity contribution in [3.63, 3.8) is 0 Å². The molecule has 0 unspecified atom stereocenters. The molecule has 1 saturated heterocycles. The van der Waals surface area contributed by atoms with E-state index in [0.717, 1.165) is 0 Å². The zero-order valence-corrected chi connectivity index (χ0v) is 7.80. The van der Waals surface area contributed by atoms with Crippen LogP contribution in [-0.2, 0) is 4.74 Å². The first-order valence-electron chi connectivity index (χ1n) is 4.34. The van der Waals surface area contributed by atoms with E-state index in [9.17, 15) is 4.79 Å². The molecule has 1 fully saturated rings. The number of ether oxygens (including phenoxy) is 1. The summed E-state index contributed by atoms with van der Waals surface area (Å²) in [6.07, 6.45) is 0. The van der Waals surface area contributed by atoms with Crippen LogP contribution in [0.15, 0.2) is 0 Å². The zero-order chi connectivity index (χ0) is 9.52. The topological polar surface area (TPSA) is 41.6 Å². The first kappa shape index (κ1) is 9.87. The van der Waals surface area contributed by atoms with Crippen molar-refractivity contribution in [2.45, 2.75) is 6.92 Å². The average Bonchev–Trinajstić information content (AvgIpc) is 2.19. The van der Waals surface area contributed by atoms with E-state index in [1.165, 1.54) is 0 Å². The van der Waals surface area contributed by atoms with Gasteiger partial charge in [-0.3, -0.25) is 0 Å². The van der Waals surface area contributed by atoms with Gasteiger partial charge in [0.05, 0.1) is 19.8 Å². The summed E-state index contributed by atoms with van der Waals surface area (Å²) in [4.78, 5) is 13.1. The predicted molar refractivity (Wildman–Crippen MR) is 49.2 cm³/mol. The van der Waals surface area contributed by atoms with Gasteiger partial charge in [0, 0.05) is 13.1 Å². The standard InChI is InChI=1S/C9H14N2O2/c1-2-3-4-10-9(12)11-5-7-13-8-6-11/h4-8H2,1H3,(H,10,12). The highest BCUT2D eigenvalue weighted by Crippen LogP contribution is 1.96. The minimum Gasteiger partial charge on any atom is -0.378 e. The van der Waals surface area contributed by atoms with Crippen molar-refractivity contribution in [3.8, 4) is 11.8 Å². The van der Waals surface area contributed by atoms with Gasteiger partial charge in [-0.25, -0.2) is 4.79 Å². The number of morpholine rings is 1. The number of carbonyl (C=O) groups excluding carboxylic acids is 1. The molecule has 1 aliphatic heterocycles. The molecule has 0 bridgehead atoms. The molecule has 2 amide bonds. The third-order valence-electron chi connectivity index (χ3n) is 1.80. The molecule has 1 heterocycles. The molecule has 1 rings (SSSR count). The number of carbonyl (C=O) groups is 1. The van der Waals surface area contributed by atoms with Crippen LogP contribution in [0.3, 0.4) is 0 Å². The van der Waals surface area contributed by atoms with Gasteiger partial charge in [0.2, 0.25) is 0 Å². The Kier molecular flexibility index (Phi) is 4.13. The molecule has 0 aromatic carbocycles. The fourth-order valence-corrected chi connectivity index (χ4v) is 1.09. The highest BCUT2D eigenvalue weighted by atomic mass is 16.5. The van der Waals surface area contributed by atoms with Crippen LogP contribution in [0.1, 0.15) is 6.92 Å². The maximum Gasteiger partial charge on any atom is 0.318 e. The molecular formula is C9H14N2O2. The van der Waals surface area contributed by atoms with E-state index in [0.29, 0.717) is 32.8 Å². The van der Waals surface area contributed by atoms with Crippen molar-refractivity contribution in [2.24, 2.45) is 0 Å². The van der Waals surface area contributed by atoms with Crippen LogP contribution in [0, 0.1) is 11.8 Å². The molecular weight excluding hydrogens is 168 g/mol. The summed E-state index contributed by atoms with van der Waals surface area (Å²) in [6, 6.07) is -0.0500. The molecule has 0 atom stereocenters. The largest absolute Gasteiger partial charge is 0.378 e. The van der Waals surface area contributed by atoms with Crippen LogP contribution >= 0.6 is 0 Å². The van der Waals surface area contributed by atoms with Gasteiger partial charge in [0.1, 0.15) is 0 Å². The maximum atomic E-state index is 11.4. The van der Waals surface area contributed by atoms with E-state index in [-0.39, 0.29) is 6.03 Å². The van der Waals surface area contributed by atoms with E-state index in [1.807, 2.05) is 0 Å². The van der Waals surface area contributed by atoms with Crippen molar-refractivity contribution < 1.29 is 9.53 Å². The Morgan fingerprint density at radius 3 is 2.85 bits per heavy atom. The Hall–Kier alpha value is -1.21. The molecule has 72 valence electrons. The first-order valence-corrected chi connectivity index (χ1v) is 4.34. The molecule has 0 radical (unpaired) electrons. The summed E-state index contributed by atoms with van der Waals surface area (Å²) in [5, 5.41) is 2.71. The number of rotatable bonds is 1. The number of nitrogens with one attached hydrogen (secondary N) is 1. The van der Waals surface area contributed by atoms with Gasteiger partial charge in [0.15, 0.2) is 0 Å². The number of amides is 2. The molecule has 0 aliphatic carbocycles. The van der Waals surface area contributed by atoms with Crippen LogP contribution in [0.2, 0.25) is 0 Å². The van der Waals surface area contributed by atoms with Crippen LogP contribution in [0.25, 0.3) is 0 Å². The lowest BCUT2D eigenvalue weighted by Gasteiger charge is -2.26. The van der Waals surface area contributed by atoms with Gasteiger partial charge in [-0.15, -0.1) is 5.92 Å². The van der Waals surface area contributed by atoms with Gasteiger partial charge in [0.25, 0.3) is 0 Å². The molecule has 4 heteroatoms. The Bertz CT molecular complexity index is 224. The minimum absolute atomic E-state index is 0.0500. The van der Waals surface area contributed by atoms with Crippen molar-refractivity contribution in [3.05, 3.63) is 0 Å². The Morgan fingerprint density at radius 1 is 1.54 bits per heavy atom. The van der Waals surface area contributed by atoms with Crippen molar-refractivity contribution in [1.82, 2.24) is 10.2 Å². The summed E-state index contributed by atoms with van der Waals surface area (Å²) >= 11 is 0. The van der Waals surface area contributed by atoms with Crippen molar-refractivity contribution in [1.29, 1.82) is 0 Å². The normalized spacial score (nSPS) is 15.9. The second-order valence-electron chi connectivity index (χ2n) is 2.68. The smallest absolute Gasteiger partial charge is 0.318 e. The summed E-state index contributed by atoms with van der Waals surface area (Å²) in [5.41, 5.74) is 0. The maximum absolute atomic E-state index is 11.4. The highest BCUT2D eigenvalue weighted by Gasteiger charge is 2.15. The third kappa shape index (κ3) is 3.34. The lowest BCUT2D eigenvalue weighted by atomic mass is 10.4. The lowest BCUT2D eigenvalue weighted by Crippen LogP contribution is -2.46. The number of hydrogen-bond donors (Lipinski definition) is 1. The van der Waals surface area contributed by atoms with E-state index < -0.39 is 0 Å². The molecule has 0 spiro atoms. The fourth-order valence-electron chi connectivity index (χ4n) is 1.09. The van der Waals surface area contributed by atoms with Crippen LogP contribution in [0.4, 0.5) is 4.79 Å². The molecule has 0 aromatic heterocycles. The van der Waals surface area contributed by atoms with Gasteiger partial charge in [-0.1, -0.05) is 5.92 Å². The molecule has 13 heavy (non-hydrogen) atoms. The lowest BCUT2D eigenvalue weighted by molar-refractivity contribution is 0.0535. The highest BCUT2D eigenvalue weighted by molar-refractivity contribution is 5.74. The van der Waals surface area contributed by atoms with Crippen LogP contribution < -0.4 is 5.32 Å². The van der Waals surface area contributed by atoms with Crippen molar-refractivity contribution in [2.75, 3.05) is 32.8 Å². The number of urea groups is 1. The van der Waals surface area contributed by atoms with Gasteiger partial charge in [-0.05, 0) is 6.92 Å². The molecule has 0 saturated carbocycles. The summed E-state index contributed by atoms with van der Waals surface area (Å²) in [5.74, 6) is 5.50. The summed E-state index contributed by atoms with van der Waals surface area (Å²) < 4.78 is 5.13. The monoisotopic (exact) mass is 182 g/mol. The molecule has 0 aromatic rings. The predicted octanol–water partition coefficient (Wildman–Crippen LogP) is 0.0515. The van der Waals surface area contributed by atoms with Gasteiger partial charge < -0.3 is 15.0 Å². The number of nitrogens with zero attached hydrogens (tertiary/aromatic N) is 1. The second-order valence-corrected chi connectivity index (χ2v) is 2.68. The van der Waals surface area contributed by atoms with E-state index in [4.69, 9.17) is 4.74 Å². The van der Waals surface area contributed by atoms with E-state index in [2.05, 4.69) is 17.2 Å². The molecule has 4 nitrogen and oxygen atoms in total. The Balaban J connectivity index is 2.23. The third-order valence-corrected chi connectivity index (χ3v) is 1.80. The molecule has 1 N–H and O–H groups in total. The number of hydrogen-bond acceptors (Lipinski definition) is 2. The van der Waals surface area contributed by atoms with Crippen LogP contribution in [0.5, 0.6) is 0 Å². The van der Waals surface area contributed by atoms with Gasteiger partial charge >= 0.3 is 6.03 Å².